The van der Waals surface area contributed by atoms with Crippen molar-refractivity contribution in [2.75, 3.05) is 13.2 Å². The highest BCUT2D eigenvalue weighted by atomic mass is 16.5. The van der Waals surface area contributed by atoms with E-state index in [0.29, 0.717) is 6.61 Å². The molecular weight excluding hydrogens is 250 g/mol. The molecule has 0 aliphatic heterocycles. The third-order valence-electron chi connectivity index (χ3n) is 3.42. The van der Waals surface area contributed by atoms with E-state index >= 15 is 0 Å². The lowest BCUT2D eigenvalue weighted by Gasteiger charge is -2.03. The Hall–Kier alpha value is -0.800. The molecule has 1 rings (SSSR count). The molecule has 1 N–H and O–H groups in total. The molecule has 0 unspecified atom stereocenters. The Morgan fingerprint density at radius 3 is 2.65 bits per heavy atom. The van der Waals surface area contributed by atoms with Crippen LogP contribution in [0.5, 0.6) is 0 Å². The van der Waals surface area contributed by atoms with E-state index in [-0.39, 0.29) is 0 Å². The van der Waals surface area contributed by atoms with Crippen LogP contribution >= 0.6 is 0 Å². The quantitative estimate of drug-likeness (QED) is 0.570. The molecule has 3 heteroatoms. The summed E-state index contributed by atoms with van der Waals surface area (Å²) in [6.45, 7) is 9.79. The van der Waals surface area contributed by atoms with Crippen LogP contribution in [0, 0.1) is 6.92 Å². The fraction of sp³-hybridized carbons (Fsp3) is 0.765. The molecule has 116 valence electrons. The van der Waals surface area contributed by atoms with Crippen LogP contribution in [0.2, 0.25) is 0 Å². The van der Waals surface area contributed by atoms with E-state index in [1.807, 2.05) is 0 Å². The Labute approximate surface area is 124 Å². The molecule has 20 heavy (non-hydrogen) atoms. The van der Waals surface area contributed by atoms with Crippen molar-refractivity contribution in [2.45, 2.75) is 72.4 Å². The standard InChI is InChI=1S/C17H31NO2/c1-4-6-7-8-9-11-19-14-16-12-15(3)17(20-16)13-18-10-5-2/h12,18H,4-11,13-14H2,1-3H3. The largest absolute Gasteiger partial charge is 0.462 e. The van der Waals surface area contributed by atoms with Crippen molar-refractivity contribution >= 4 is 0 Å². The van der Waals surface area contributed by atoms with Crippen LogP contribution in [-0.4, -0.2) is 13.2 Å². The smallest absolute Gasteiger partial charge is 0.130 e. The molecule has 1 aromatic heterocycles. The molecule has 0 aliphatic rings. The molecule has 0 saturated heterocycles. The lowest BCUT2D eigenvalue weighted by Crippen LogP contribution is -2.13. The van der Waals surface area contributed by atoms with Gasteiger partial charge in [0, 0.05) is 6.61 Å². The molecule has 3 nitrogen and oxygen atoms in total. The first-order chi connectivity index (χ1) is 9.77. The molecule has 0 amide bonds. The summed E-state index contributed by atoms with van der Waals surface area (Å²) in [5.74, 6) is 1.99. The van der Waals surface area contributed by atoms with Crippen LogP contribution in [0.1, 0.15) is 69.5 Å². The van der Waals surface area contributed by atoms with E-state index in [0.717, 1.165) is 44.1 Å². The zero-order valence-corrected chi connectivity index (χ0v) is 13.5. The predicted octanol–water partition coefficient (Wildman–Crippen LogP) is 4.57. The van der Waals surface area contributed by atoms with Crippen LogP contribution < -0.4 is 5.32 Å². The van der Waals surface area contributed by atoms with Crippen molar-refractivity contribution in [3.63, 3.8) is 0 Å². The minimum Gasteiger partial charge on any atom is -0.462 e. The first-order valence-corrected chi connectivity index (χ1v) is 8.14. The van der Waals surface area contributed by atoms with Crippen LogP contribution in [-0.2, 0) is 17.9 Å². The van der Waals surface area contributed by atoms with Gasteiger partial charge in [-0.2, -0.15) is 0 Å². The lowest BCUT2D eigenvalue weighted by atomic mass is 10.2. The molecule has 0 saturated carbocycles. The minimum absolute atomic E-state index is 0.600. The van der Waals surface area contributed by atoms with Gasteiger partial charge < -0.3 is 14.5 Å². The monoisotopic (exact) mass is 281 g/mol. The molecule has 1 aromatic rings. The molecule has 0 atom stereocenters. The molecule has 1 heterocycles. The zero-order valence-electron chi connectivity index (χ0n) is 13.5. The maximum atomic E-state index is 5.82. The zero-order chi connectivity index (χ0) is 14.6. The molecule has 0 aromatic carbocycles. The van der Waals surface area contributed by atoms with E-state index in [9.17, 15) is 0 Å². The van der Waals surface area contributed by atoms with Gasteiger partial charge in [0.2, 0.25) is 0 Å². The summed E-state index contributed by atoms with van der Waals surface area (Å²) in [6, 6.07) is 2.10. The predicted molar refractivity (Wildman–Crippen MR) is 83.9 cm³/mol. The van der Waals surface area contributed by atoms with Gasteiger partial charge in [-0.25, -0.2) is 0 Å². The van der Waals surface area contributed by atoms with Crippen LogP contribution in [0.3, 0.4) is 0 Å². The van der Waals surface area contributed by atoms with Gasteiger partial charge in [-0.3, -0.25) is 0 Å². The third-order valence-corrected chi connectivity index (χ3v) is 3.42. The number of rotatable bonds is 12. The topological polar surface area (TPSA) is 34.4 Å². The Kier molecular flexibility index (Phi) is 9.42. The SMILES string of the molecule is CCCCCCCOCc1cc(C)c(CNCCC)o1. The summed E-state index contributed by atoms with van der Waals surface area (Å²) in [4.78, 5) is 0. The summed E-state index contributed by atoms with van der Waals surface area (Å²) >= 11 is 0. The van der Waals surface area contributed by atoms with E-state index < -0.39 is 0 Å². The molecule has 0 radical (unpaired) electrons. The maximum Gasteiger partial charge on any atom is 0.130 e. The van der Waals surface area contributed by atoms with E-state index in [1.54, 1.807) is 0 Å². The van der Waals surface area contributed by atoms with Crippen molar-refractivity contribution in [2.24, 2.45) is 0 Å². The van der Waals surface area contributed by atoms with Crippen molar-refractivity contribution in [3.8, 4) is 0 Å². The van der Waals surface area contributed by atoms with Gasteiger partial charge in [-0.15, -0.1) is 0 Å². The summed E-state index contributed by atoms with van der Waals surface area (Å²) in [7, 11) is 0. The van der Waals surface area contributed by atoms with Crippen LogP contribution in [0.25, 0.3) is 0 Å². The molecule has 0 aliphatic carbocycles. The second kappa shape index (κ2) is 10.9. The number of hydrogen-bond acceptors (Lipinski definition) is 3. The average Bonchev–Trinajstić information content (AvgIpc) is 2.79. The van der Waals surface area contributed by atoms with Crippen LogP contribution in [0.4, 0.5) is 0 Å². The summed E-state index contributed by atoms with van der Waals surface area (Å²) in [5.41, 5.74) is 1.22. The van der Waals surface area contributed by atoms with Crippen molar-refractivity contribution in [1.29, 1.82) is 0 Å². The van der Waals surface area contributed by atoms with Crippen molar-refractivity contribution in [3.05, 3.63) is 23.2 Å². The number of unbranched alkanes of at least 4 members (excludes halogenated alkanes) is 4. The van der Waals surface area contributed by atoms with Gasteiger partial charge in [-0.05, 0) is 37.9 Å². The Morgan fingerprint density at radius 1 is 1.10 bits per heavy atom. The first-order valence-electron chi connectivity index (χ1n) is 8.14. The van der Waals surface area contributed by atoms with Crippen LogP contribution in [0.15, 0.2) is 10.5 Å². The van der Waals surface area contributed by atoms with E-state index in [2.05, 4.69) is 32.2 Å². The molecule has 0 bridgehead atoms. The Balaban J connectivity index is 2.15. The fourth-order valence-electron chi connectivity index (χ4n) is 2.20. The van der Waals surface area contributed by atoms with Gasteiger partial charge in [0.15, 0.2) is 0 Å². The van der Waals surface area contributed by atoms with Gasteiger partial charge in [0.1, 0.15) is 18.1 Å². The van der Waals surface area contributed by atoms with E-state index in [1.165, 1.54) is 31.2 Å². The average molecular weight is 281 g/mol. The normalized spacial score (nSPS) is 11.2. The number of hydrogen-bond donors (Lipinski definition) is 1. The van der Waals surface area contributed by atoms with Crippen molar-refractivity contribution in [1.82, 2.24) is 5.32 Å². The summed E-state index contributed by atoms with van der Waals surface area (Å²) in [6.07, 6.45) is 7.54. The Morgan fingerprint density at radius 2 is 1.90 bits per heavy atom. The van der Waals surface area contributed by atoms with Gasteiger partial charge in [-0.1, -0.05) is 39.5 Å². The fourth-order valence-corrected chi connectivity index (χ4v) is 2.20. The Bertz CT molecular complexity index is 347. The maximum absolute atomic E-state index is 5.82. The second-order valence-electron chi connectivity index (χ2n) is 5.46. The second-order valence-corrected chi connectivity index (χ2v) is 5.46. The number of nitrogens with one attached hydrogen (secondary N) is 1. The number of furan rings is 1. The minimum atomic E-state index is 0.600. The third kappa shape index (κ3) is 7.11. The highest BCUT2D eigenvalue weighted by molar-refractivity contribution is 5.19. The number of aryl methyl sites for hydroxylation is 1. The molecule has 0 spiro atoms. The van der Waals surface area contributed by atoms with Gasteiger partial charge in [0.25, 0.3) is 0 Å². The summed E-state index contributed by atoms with van der Waals surface area (Å²) < 4.78 is 11.5. The van der Waals surface area contributed by atoms with Crippen molar-refractivity contribution < 1.29 is 9.15 Å². The lowest BCUT2D eigenvalue weighted by molar-refractivity contribution is 0.101. The first kappa shape index (κ1) is 17.3. The summed E-state index contributed by atoms with van der Waals surface area (Å²) in [5, 5.41) is 3.37. The van der Waals surface area contributed by atoms with Gasteiger partial charge >= 0.3 is 0 Å². The number of ether oxygens (including phenoxy) is 1. The highest BCUT2D eigenvalue weighted by Crippen LogP contribution is 2.15. The molecule has 0 fully saturated rings. The molecular formula is C17H31NO2. The highest BCUT2D eigenvalue weighted by Gasteiger charge is 2.07. The van der Waals surface area contributed by atoms with E-state index in [4.69, 9.17) is 9.15 Å². The van der Waals surface area contributed by atoms with Gasteiger partial charge in [0.05, 0.1) is 6.54 Å².